The van der Waals surface area contributed by atoms with Gasteiger partial charge in [-0.15, -0.1) is 11.3 Å². The highest BCUT2D eigenvalue weighted by Gasteiger charge is 2.21. The summed E-state index contributed by atoms with van der Waals surface area (Å²) in [5.41, 5.74) is -0.636. The molecule has 0 saturated heterocycles. The lowest BCUT2D eigenvalue weighted by Crippen LogP contribution is -2.12. The molecule has 0 aliphatic heterocycles. The quantitative estimate of drug-likeness (QED) is 0.517. The van der Waals surface area contributed by atoms with E-state index in [9.17, 15) is 20.0 Å². The zero-order valence-corrected chi connectivity index (χ0v) is 10.9. The second-order valence-electron chi connectivity index (χ2n) is 3.48. The molecule has 2 rings (SSSR count). The summed E-state index contributed by atoms with van der Waals surface area (Å²) in [5, 5.41) is 24.6. The molecule has 0 radical (unpaired) electrons. The lowest BCUT2D eigenvalue weighted by molar-refractivity contribution is -0.384. The van der Waals surface area contributed by atoms with Crippen LogP contribution in [0.1, 0.15) is 9.67 Å². The van der Waals surface area contributed by atoms with Crippen molar-refractivity contribution in [1.82, 2.24) is 0 Å². The molecule has 0 spiro atoms. The first-order valence-corrected chi connectivity index (χ1v) is 6.27. The summed E-state index contributed by atoms with van der Waals surface area (Å²) >= 11 is 6.90. The molecule has 0 bridgehead atoms. The van der Waals surface area contributed by atoms with Crippen molar-refractivity contribution in [2.45, 2.75) is 0 Å². The number of aromatic hydroxyl groups is 1. The number of para-hydroxylation sites is 1. The molecule has 0 atom stereocenters. The number of hydrogen-bond donors (Lipinski definition) is 2. The van der Waals surface area contributed by atoms with Crippen molar-refractivity contribution in [2.24, 2.45) is 0 Å². The molecule has 2 aromatic rings. The number of rotatable bonds is 3. The Balaban J connectivity index is 2.36. The number of hydrogen-bond acceptors (Lipinski definition) is 5. The van der Waals surface area contributed by atoms with E-state index in [-0.39, 0.29) is 27.0 Å². The Hall–Kier alpha value is -2.12. The second kappa shape index (κ2) is 5.25. The number of nitro benzene ring substituents is 1. The fourth-order valence-electron chi connectivity index (χ4n) is 1.43. The molecule has 98 valence electrons. The number of nitrogens with one attached hydrogen (secondary N) is 1. The smallest absolute Gasteiger partial charge is 0.296 e. The van der Waals surface area contributed by atoms with E-state index in [0.29, 0.717) is 0 Å². The molecule has 8 heteroatoms. The third-order valence-corrected chi connectivity index (χ3v) is 3.62. The predicted octanol–water partition coefficient (Wildman–Crippen LogP) is 3.27. The number of phenolic OH excluding ortho intramolecular Hbond substituents is 1. The maximum Gasteiger partial charge on any atom is 0.296 e. The van der Waals surface area contributed by atoms with Gasteiger partial charge in [0, 0.05) is 6.07 Å². The molecule has 0 saturated carbocycles. The van der Waals surface area contributed by atoms with Crippen molar-refractivity contribution in [3.63, 3.8) is 0 Å². The highest BCUT2D eigenvalue weighted by Crippen LogP contribution is 2.34. The van der Waals surface area contributed by atoms with Crippen LogP contribution in [0.3, 0.4) is 0 Å². The molecule has 0 fully saturated rings. The lowest BCUT2D eigenvalue weighted by atomic mass is 10.2. The highest BCUT2D eigenvalue weighted by atomic mass is 35.5. The minimum Gasteiger partial charge on any atom is -0.505 e. The van der Waals surface area contributed by atoms with Crippen LogP contribution in [0.15, 0.2) is 29.6 Å². The summed E-state index contributed by atoms with van der Waals surface area (Å²) in [5.74, 6) is -0.986. The maximum atomic E-state index is 11.9. The fourth-order valence-corrected chi connectivity index (χ4v) is 2.47. The van der Waals surface area contributed by atoms with E-state index >= 15 is 0 Å². The molecule has 0 aliphatic carbocycles. The topological polar surface area (TPSA) is 92.5 Å². The third kappa shape index (κ3) is 2.67. The zero-order chi connectivity index (χ0) is 14.0. The van der Waals surface area contributed by atoms with Gasteiger partial charge in [0.1, 0.15) is 10.6 Å². The maximum absolute atomic E-state index is 11.9. The van der Waals surface area contributed by atoms with Crippen LogP contribution in [-0.2, 0) is 0 Å². The zero-order valence-electron chi connectivity index (χ0n) is 9.29. The van der Waals surface area contributed by atoms with Crippen molar-refractivity contribution in [3.8, 4) is 5.75 Å². The summed E-state index contributed by atoms with van der Waals surface area (Å²) in [6, 6.07) is 5.30. The molecule has 1 heterocycles. The van der Waals surface area contributed by atoms with Gasteiger partial charge in [0.15, 0.2) is 5.69 Å². The Labute approximate surface area is 116 Å². The van der Waals surface area contributed by atoms with Crippen LogP contribution in [0.4, 0.5) is 11.4 Å². The molecule has 1 aromatic carbocycles. The van der Waals surface area contributed by atoms with E-state index in [0.717, 1.165) is 11.3 Å². The number of nitrogens with zero attached hydrogens (tertiary/aromatic N) is 1. The molecular formula is C11H7ClN2O4S. The molecular weight excluding hydrogens is 292 g/mol. The van der Waals surface area contributed by atoms with E-state index < -0.39 is 10.8 Å². The predicted molar refractivity (Wildman–Crippen MR) is 72.0 cm³/mol. The number of thiophene rings is 1. The average molecular weight is 299 g/mol. The molecule has 6 nitrogen and oxygen atoms in total. The van der Waals surface area contributed by atoms with Gasteiger partial charge in [0.25, 0.3) is 11.6 Å². The molecule has 1 amide bonds. The fraction of sp³-hybridized carbons (Fsp3) is 0. The Kier molecular flexibility index (Phi) is 3.68. The largest absolute Gasteiger partial charge is 0.505 e. The van der Waals surface area contributed by atoms with Gasteiger partial charge in [-0.1, -0.05) is 17.7 Å². The van der Waals surface area contributed by atoms with Crippen molar-refractivity contribution < 1.29 is 14.8 Å². The first kappa shape index (κ1) is 13.3. The number of amides is 1. The van der Waals surface area contributed by atoms with Crippen LogP contribution in [0, 0.1) is 10.1 Å². The van der Waals surface area contributed by atoms with Crippen LogP contribution in [-0.4, -0.2) is 15.9 Å². The first-order chi connectivity index (χ1) is 9.00. The summed E-state index contributed by atoms with van der Waals surface area (Å²) < 4.78 is 0. The molecule has 0 unspecified atom stereocenters. The second-order valence-corrected chi connectivity index (χ2v) is 4.80. The van der Waals surface area contributed by atoms with Gasteiger partial charge in [0.2, 0.25) is 0 Å². The Morgan fingerprint density at radius 2 is 2.16 bits per heavy atom. The standard InChI is InChI=1S/C11H7ClN2O4S/c12-6-4-5-19-10(6)11(16)13-9-7(14(17)18)2-1-3-8(9)15/h1-5,15H,(H,13,16). The third-order valence-electron chi connectivity index (χ3n) is 2.28. The SMILES string of the molecule is O=C(Nc1c(O)cccc1[N+](=O)[O-])c1sccc1Cl. The Morgan fingerprint density at radius 3 is 2.74 bits per heavy atom. The summed E-state index contributed by atoms with van der Waals surface area (Å²) in [7, 11) is 0. The molecule has 1 aromatic heterocycles. The number of halogens is 1. The van der Waals surface area contributed by atoms with Crippen LogP contribution in [0.5, 0.6) is 5.75 Å². The normalized spacial score (nSPS) is 10.2. The number of phenols is 1. The van der Waals surface area contributed by atoms with E-state index in [1.54, 1.807) is 11.4 Å². The van der Waals surface area contributed by atoms with Gasteiger partial charge in [-0.3, -0.25) is 14.9 Å². The molecule has 0 aliphatic rings. The molecule has 2 N–H and O–H groups in total. The highest BCUT2D eigenvalue weighted by molar-refractivity contribution is 7.12. The van der Waals surface area contributed by atoms with E-state index in [1.807, 2.05) is 0 Å². The number of anilines is 1. The van der Waals surface area contributed by atoms with E-state index in [2.05, 4.69) is 5.32 Å². The number of carbonyl (C=O) groups is 1. The van der Waals surface area contributed by atoms with E-state index in [4.69, 9.17) is 11.6 Å². The summed E-state index contributed by atoms with van der Waals surface area (Å²) in [4.78, 5) is 22.3. The molecule has 19 heavy (non-hydrogen) atoms. The minimum absolute atomic E-state index is 0.221. The van der Waals surface area contributed by atoms with E-state index in [1.165, 1.54) is 18.2 Å². The summed E-state index contributed by atoms with van der Waals surface area (Å²) in [6.07, 6.45) is 0. The van der Waals surface area contributed by atoms with Gasteiger partial charge in [0.05, 0.1) is 9.95 Å². The van der Waals surface area contributed by atoms with Crippen LogP contribution in [0.2, 0.25) is 5.02 Å². The van der Waals surface area contributed by atoms with Gasteiger partial charge in [-0.05, 0) is 17.5 Å². The Morgan fingerprint density at radius 1 is 1.42 bits per heavy atom. The van der Waals surface area contributed by atoms with Gasteiger partial charge in [-0.2, -0.15) is 0 Å². The number of nitro groups is 1. The van der Waals surface area contributed by atoms with Crippen LogP contribution < -0.4 is 5.32 Å². The minimum atomic E-state index is -0.689. The van der Waals surface area contributed by atoms with Crippen LogP contribution >= 0.6 is 22.9 Å². The van der Waals surface area contributed by atoms with Crippen LogP contribution in [0.25, 0.3) is 0 Å². The lowest BCUT2D eigenvalue weighted by Gasteiger charge is -2.06. The van der Waals surface area contributed by atoms with Crippen molar-refractivity contribution in [3.05, 3.63) is 49.7 Å². The first-order valence-electron chi connectivity index (χ1n) is 5.01. The summed E-state index contributed by atoms with van der Waals surface area (Å²) in [6.45, 7) is 0. The number of carbonyl (C=O) groups excluding carboxylic acids is 1. The number of benzene rings is 1. The van der Waals surface area contributed by atoms with Crippen molar-refractivity contribution in [1.29, 1.82) is 0 Å². The van der Waals surface area contributed by atoms with Gasteiger partial charge >= 0.3 is 0 Å². The van der Waals surface area contributed by atoms with Gasteiger partial charge in [-0.25, -0.2) is 0 Å². The van der Waals surface area contributed by atoms with Crippen molar-refractivity contribution >= 4 is 40.2 Å². The average Bonchev–Trinajstić information content (AvgIpc) is 2.77. The van der Waals surface area contributed by atoms with Crippen molar-refractivity contribution in [2.75, 3.05) is 5.32 Å². The Bertz CT molecular complexity index is 656. The monoisotopic (exact) mass is 298 g/mol. The van der Waals surface area contributed by atoms with Gasteiger partial charge < -0.3 is 10.4 Å².